The van der Waals surface area contributed by atoms with E-state index in [4.69, 9.17) is 9.47 Å². The maximum absolute atomic E-state index is 12.1. The predicted octanol–water partition coefficient (Wildman–Crippen LogP) is 1.08. The summed E-state index contributed by atoms with van der Waals surface area (Å²) in [4.78, 5) is 14.1. The highest BCUT2D eigenvalue weighted by Gasteiger charge is 2.21. The zero-order valence-electron chi connectivity index (χ0n) is 14.1. The van der Waals surface area contributed by atoms with Crippen LogP contribution in [0.15, 0.2) is 24.3 Å². The lowest BCUT2D eigenvalue weighted by Gasteiger charge is -2.23. The highest BCUT2D eigenvalue weighted by Crippen LogP contribution is 2.17. The molecule has 1 fully saturated rings. The van der Waals surface area contributed by atoms with E-state index >= 15 is 0 Å². The summed E-state index contributed by atoms with van der Waals surface area (Å²) in [5.41, 5.74) is 0.971. The Morgan fingerprint density at radius 3 is 2.79 bits per heavy atom. The molecule has 1 saturated heterocycles. The van der Waals surface area contributed by atoms with E-state index in [1.807, 2.05) is 38.4 Å². The Balaban J connectivity index is 0.00000264. The molecule has 1 aromatic carbocycles. The topological polar surface area (TPSA) is 62.8 Å². The van der Waals surface area contributed by atoms with Crippen molar-refractivity contribution in [2.24, 2.45) is 0 Å². The van der Waals surface area contributed by atoms with E-state index in [1.165, 1.54) is 0 Å². The summed E-state index contributed by atoms with van der Waals surface area (Å²) in [6, 6.07) is 7.77. The number of amides is 1. The van der Waals surface area contributed by atoms with Crippen molar-refractivity contribution in [2.45, 2.75) is 12.6 Å². The average molecular weight is 380 g/mol. The van der Waals surface area contributed by atoms with Gasteiger partial charge in [-0.05, 0) is 20.2 Å². The normalized spacial score (nSPS) is 16.7. The van der Waals surface area contributed by atoms with E-state index in [0.29, 0.717) is 26.3 Å². The second-order valence-corrected chi connectivity index (χ2v) is 5.54. The molecule has 1 aliphatic rings. The van der Waals surface area contributed by atoms with Crippen LogP contribution in [0.1, 0.15) is 5.56 Å². The molecule has 1 heterocycles. The van der Waals surface area contributed by atoms with E-state index in [2.05, 4.69) is 15.5 Å². The molecular weight excluding hydrogens is 353 g/mol. The molecule has 8 heteroatoms. The molecule has 2 rings (SSSR count). The van der Waals surface area contributed by atoms with Gasteiger partial charge in [0.2, 0.25) is 0 Å². The smallest absolute Gasteiger partial charge is 0.250 e. The molecule has 24 heavy (non-hydrogen) atoms. The van der Waals surface area contributed by atoms with Gasteiger partial charge in [-0.3, -0.25) is 4.79 Å². The summed E-state index contributed by atoms with van der Waals surface area (Å²) in [6.45, 7) is 3.84. The molecule has 138 valence electrons. The summed E-state index contributed by atoms with van der Waals surface area (Å²) in [6.07, 6.45) is -0.407. The van der Waals surface area contributed by atoms with Crippen molar-refractivity contribution in [3.63, 3.8) is 0 Å². The molecule has 0 aliphatic carbocycles. The first-order valence-electron chi connectivity index (χ1n) is 7.62. The Kier molecular flexibility index (Phi) is 11.8. The molecule has 0 radical (unpaired) electrons. The van der Waals surface area contributed by atoms with Gasteiger partial charge in [0.05, 0.1) is 6.61 Å². The number of hydrogen-bond donors (Lipinski definition) is 2. The van der Waals surface area contributed by atoms with Gasteiger partial charge in [-0.25, -0.2) is 0 Å². The number of likely N-dealkylation sites (N-methyl/N-ethyl adjacent to an activating group) is 1. The number of hydrogen-bond acceptors (Lipinski definition) is 5. The summed E-state index contributed by atoms with van der Waals surface area (Å²) >= 11 is 0. The number of carbonyl (C=O) groups is 1. The number of halogens is 2. The van der Waals surface area contributed by atoms with Crippen LogP contribution in [-0.2, 0) is 16.1 Å². The van der Waals surface area contributed by atoms with Crippen LogP contribution >= 0.6 is 24.8 Å². The van der Waals surface area contributed by atoms with Crippen molar-refractivity contribution in [2.75, 3.05) is 46.9 Å². The Labute approximate surface area is 156 Å². The first kappa shape index (κ1) is 22.9. The molecule has 1 aliphatic heterocycles. The van der Waals surface area contributed by atoms with Crippen LogP contribution in [0.25, 0.3) is 0 Å². The molecule has 1 amide bonds. The van der Waals surface area contributed by atoms with Crippen LogP contribution in [0.4, 0.5) is 0 Å². The van der Waals surface area contributed by atoms with Gasteiger partial charge in [0.1, 0.15) is 18.5 Å². The summed E-state index contributed by atoms with van der Waals surface area (Å²) in [7, 11) is 4.02. The summed E-state index contributed by atoms with van der Waals surface area (Å²) in [5.74, 6) is 0.725. The van der Waals surface area contributed by atoms with Crippen LogP contribution < -0.4 is 15.4 Å². The zero-order chi connectivity index (χ0) is 15.8. The molecule has 0 bridgehead atoms. The summed E-state index contributed by atoms with van der Waals surface area (Å²) < 4.78 is 11.2. The highest BCUT2D eigenvalue weighted by atomic mass is 35.5. The van der Waals surface area contributed by atoms with Gasteiger partial charge in [0.25, 0.3) is 5.91 Å². The number of rotatable bonds is 7. The zero-order valence-corrected chi connectivity index (χ0v) is 15.8. The number of nitrogens with zero attached hydrogens (tertiary/aromatic N) is 1. The first-order chi connectivity index (χ1) is 10.7. The van der Waals surface area contributed by atoms with Crippen molar-refractivity contribution in [3.8, 4) is 5.75 Å². The molecule has 1 unspecified atom stereocenters. The average Bonchev–Trinajstić information content (AvgIpc) is 2.54. The quantitative estimate of drug-likeness (QED) is 0.741. The van der Waals surface area contributed by atoms with Crippen LogP contribution in [0.3, 0.4) is 0 Å². The van der Waals surface area contributed by atoms with Crippen LogP contribution in [0, 0.1) is 0 Å². The van der Waals surface area contributed by atoms with E-state index in [1.54, 1.807) is 0 Å². The predicted molar refractivity (Wildman–Crippen MR) is 99.4 cm³/mol. The molecular formula is C16H27Cl2N3O3. The fourth-order valence-corrected chi connectivity index (χ4v) is 2.16. The van der Waals surface area contributed by atoms with Gasteiger partial charge in [-0.15, -0.1) is 24.8 Å². The fraction of sp³-hybridized carbons (Fsp3) is 0.562. The second-order valence-electron chi connectivity index (χ2n) is 5.54. The number of ether oxygens (including phenoxy) is 2. The third-order valence-corrected chi connectivity index (χ3v) is 3.44. The molecule has 6 nitrogen and oxygen atoms in total. The SMILES string of the molecule is CN(C)CCOc1ccccc1CNC(=O)C1CNCCO1.Cl.Cl. The van der Waals surface area contributed by atoms with Gasteiger partial charge in [-0.1, -0.05) is 18.2 Å². The van der Waals surface area contributed by atoms with Crippen molar-refractivity contribution < 1.29 is 14.3 Å². The number of nitrogens with one attached hydrogen (secondary N) is 2. The minimum Gasteiger partial charge on any atom is -0.492 e. The lowest BCUT2D eigenvalue weighted by Crippen LogP contribution is -2.47. The van der Waals surface area contributed by atoms with E-state index in [0.717, 1.165) is 24.4 Å². The fourth-order valence-electron chi connectivity index (χ4n) is 2.16. The third kappa shape index (κ3) is 7.68. The Hall–Kier alpha value is -1.05. The van der Waals surface area contributed by atoms with Crippen molar-refractivity contribution in [1.29, 1.82) is 0 Å². The Morgan fingerprint density at radius 2 is 2.12 bits per heavy atom. The van der Waals surface area contributed by atoms with Crippen molar-refractivity contribution in [1.82, 2.24) is 15.5 Å². The minimum atomic E-state index is -0.407. The number of morpholine rings is 1. The maximum Gasteiger partial charge on any atom is 0.250 e. The number of carbonyl (C=O) groups excluding carboxylic acids is 1. The molecule has 1 aromatic rings. The van der Waals surface area contributed by atoms with Crippen LogP contribution in [0.2, 0.25) is 0 Å². The molecule has 2 N–H and O–H groups in total. The van der Waals surface area contributed by atoms with Gasteiger partial charge in [-0.2, -0.15) is 0 Å². The lowest BCUT2D eigenvalue weighted by atomic mass is 10.2. The molecule has 0 saturated carbocycles. The second kappa shape index (κ2) is 12.3. The number of para-hydroxylation sites is 1. The minimum absolute atomic E-state index is 0. The van der Waals surface area contributed by atoms with Gasteiger partial charge >= 0.3 is 0 Å². The van der Waals surface area contributed by atoms with Crippen molar-refractivity contribution >= 4 is 30.7 Å². The summed E-state index contributed by atoms with van der Waals surface area (Å²) in [5, 5.41) is 6.06. The Bertz CT molecular complexity index is 483. The van der Waals surface area contributed by atoms with Crippen molar-refractivity contribution in [3.05, 3.63) is 29.8 Å². The third-order valence-electron chi connectivity index (χ3n) is 3.44. The Morgan fingerprint density at radius 1 is 1.38 bits per heavy atom. The van der Waals surface area contributed by atoms with Gasteiger partial charge in [0.15, 0.2) is 0 Å². The standard InChI is InChI=1S/C16H25N3O3.2ClH/c1-19(2)8-10-22-14-6-4-3-5-13(14)11-18-16(20)15-12-17-7-9-21-15;;/h3-6,15,17H,7-12H2,1-2H3,(H,18,20);2*1H. The molecule has 0 aromatic heterocycles. The number of benzene rings is 1. The highest BCUT2D eigenvalue weighted by molar-refractivity contribution is 5.85. The molecule has 0 spiro atoms. The van der Waals surface area contributed by atoms with E-state index in [-0.39, 0.29) is 30.7 Å². The maximum atomic E-state index is 12.1. The largest absolute Gasteiger partial charge is 0.492 e. The van der Waals surface area contributed by atoms with Gasteiger partial charge < -0.3 is 25.0 Å². The van der Waals surface area contributed by atoms with Crippen LogP contribution in [0.5, 0.6) is 5.75 Å². The van der Waals surface area contributed by atoms with E-state index in [9.17, 15) is 4.79 Å². The van der Waals surface area contributed by atoms with Crippen LogP contribution in [-0.4, -0.2) is 63.9 Å². The lowest BCUT2D eigenvalue weighted by molar-refractivity contribution is -0.134. The molecule has 1 atom stereocenters. The van der Waals surface area contributed by atoms with E-state index < -0.39 is 6.10 Å². The van der Waals surface area contributed by atoms with Gasteiger partial charge in [0, 0.05) is 31.7 Å². The monoisotopic (exact) mass is 379 g/mol. The first-order valence-corrected chi connectivity index (χ1v) is 7.62.